The quantitative estimate of drug-likeness (QED) is 0.287. The average molecular weight is 536 g/mol. The van der Waals surface area contributed by atoms with Crippen molar-refractivity contribution >= 4 is 17.5 Å². The van der Waals surface area contributed by atoms with Crippen LogP contribution in [0.15, 0.2) is 91.1 Å². The lowest BCUT2D eigenvalue weighted by Gasteiger charge is -2.24. The lowest BCUT2D eigenvalue weighted by molar-refractivity contribution is -0.117. The maximum atomic E-state index is 13.8. The Morgan fingerprint density at radius 1 is 0.900 bits per heavy atom. The van der Waals surface area contributed by atoms with Gasteiger partial charge in [0, 0.05) is 37.0 Å². The molecule has 2 aliphatic heterocycles. The molecule has 1 aromatic heterocycles. The number of fused-ring (bicyclic) bond motifs is 1. The number of aromatic nitrogens is 1. The lowest BCUT2D eigenvalue weighted by atomic mass is 10.1. The zero-order chi connectivity index (χ0) is 27.3. The van der Waals surface area contributed by atoms with Crippen molar-refractivity contribution in [2.75, 3.05) is 18.2 Å². The van der Waals surface area contributed by atoms with Gasteiger partial charge in [-0.3, -0.25) is 14.6 Å². The summed E-state index contributed by atoms with van der Waals surface area (Å²) in [6, 6.07) is 26.5. The van der Waals surface area contributed by atoms with Gasteiger partial charge in [0.25, 0.3) is 5.91 Å². The van der Waals surface area contributed by atoms with Gasteiger partial charge < -0.3 is 24.0 Å². The number of nitrogens with zero attached hydrogens (tertiary/aromatic N) is 3. The van der Waals surface area contributed by atoms with E-state index < -0.39 is 0 Å². The van der Waals surface area contributed by atoms with Crippen LogP contribution in [0.2, 0.25) is 0 Å². The highest BCUT2D eigenvalue weighted by Gasteiger charge is 2.24. The summed E-state index contributed by atoms with van der Waals surface area (Å²) in [6.07, 6.45) is 3.09. The van der Waals surface area contributed by atoms with Crippen LogP contribution in [0, 0.1) is 0 Å². The van der Waals surface area contributed by atoms with E-state index in [1.54, 1.807) is 22.1 Å². The van der Waals surface area contributed by atoms with Crippen LogP contribution in [0.3, 0.4) is 0 Å². The predicted molar refractivity (Wildman–Crippen MR) is 149 cm³/mol. The first-order valence-corrected chi connectivity index (χ1v) is 13.3. The fourth-order valence-electron chi connectivity index (χ4n) is 4.95. The monoisotopic (exact) mass is 535 g/mol. The molecule has 3 heterocycles. The smallest absolute Gasteiger partial charge is 0.254 e. The maximum Gasteiger partial charge on any atom is 0.254 e. The maximum absolute atomic E-state index is 13.8. The van der Waals surface area contributed by atoms with Gasteiger partial charge in [0.2, 0.25) is 12.7 Å². The van der Waals surface area contributed by atoms with E-state index in [4.69, 9.17) is 14.2 Å². The van der Waals surface area contributed by atoms with Crippen molar-refractivity contribution < 1.29 is 23.8 Å². The van der Waals surface area contributed by atoms with Crippen molar-refractivity contribution in [3.8, 4) is 17.2 Å². The Balaban J connectivity index is 1.20. The van der Waals surface area contributed by atoms with Gasteiger partial charge >= 0.3 is 0 Å². The molecule has 40 heavy (non-hydrogen) atoms. The molecular weight excluding hydrogens is 506 g/mol. The van der Waals surface area contributed by atoms with Gasteiger partial charge in [-0.05, 0) is 72.1 Å². The molecule has 0 spiro atoms. The first kappa shape index (κ1) is 25.4. The number of benzene rings is 3. The third kappa shape index (κ3) is 5.76. The number of amides is 2. The van der Waals surface area contributed by atoms with Crippen LogP contribution >= 0.6 is 0 Å². The normalized spacial score (nSPS) is 13.9. The Morgan fingerprint density at radius 2 is 1.80 bits per heavy atom. The van der Waals surface area contributed by atoms with Gasteiger partial charge in [0.1, 0.15) is 12.4 Å². The molecule has 0 unspecified atom stereocenters. The van der Waals surface area contributed by atoms with E-state index in [0.717, 1.165) is 40.4 Å². The summed E-state index contributed by atoms with van der Waals surface area (Å²) < 4.78 is 16.9. The Morgan fingerprint density at radius 3 is 2.65 bits per heavy atom. The largest absolute Gasteiger partial charge is 0.489 e. The van der Waals surface area contributed by atoms with Crippen molar-refractivity contribution in [1.29, 1.82) is 0 Å². The van der Waals surface area contributed by atoms with Crippen molar-refractivity contribution in [3.05, 3.63) is 114 Å². The SMILES string of the molecule is O=C(c1cccc(N2CCCC2=O)c1)N(Cc1cccc(OCc2ccc3c(c2)OCO3)c1)Cc1ccccn1. The molecule has 2 amide bonds. The summed E-state index contributed by atoms with van der Waals surface area (Å²) in [5.41, 5.74) is 3.97. The summed E-state index contributed by atoms with van der Waals surface area (Å²) in [4.78, 5) is 34.1. The number of hydrogen-bond donors (Lipinski definition) is 0. The van der Waals surface area contributed by atoms with E-state index in [-0.39, 0.29) is 18.6 Å². The molecule has 1 fully saturated rings. The Bertz CT molecular complexity index is 1520. The second kappa shape index (κ2) is 11.5. The van der Waals surface area contributed by atoms with E-state index in [9.17, 15) is 9.59 Å². The van der Waals surface area contributed by atoms with Crippen LogP contribution in [0.25, 0.3) is 0 Å². The van der Waals surface area contributed by atoms with Crippen molar-refractivity contribution in [2.24, 2.45) is 0 Å². The molecule has 0 aliphatic carbocycles. The zero-order valence-electron chi connectivity index (χ0n) is 22.0. The highest BCUT2D eigenvalue weighted by Crippen LogP contribution is 2.33. The molecule has 0 radical (unpaired) electrons. The summed E-state index contributed by atoms with van der Waals surface area (Å²) in [5, 5.41) is 0. The second-order valence-corrected chi connectivity index (χ2v) is 9.81. The Kier molecular flexibility index (Phi) is 7.30. The van der Waals surface area contributed by atoms with Crippen molar-refractivity contribution in [3.63, 3.8) is 0 Å². The molecule has 8 heteroatoms. The number of pyridine rings is 1. The van der Waals surface area contributed by atoms with E-state index >= 15 is 0 Å². The lowest BCUT2D eigenvalue weighted by Crippen LogP contribution is -2.31. The second-order valence-electron chi connectivity index (χ2n) is 9.81. The molecule has 6 rings (SSSR count). The highest BCUT2D eigenvalue weighted by atomic mass is 16.7. The molecule has 0 saturated carbocycles. The molecule has 2 aliphatic rings. The molecule has 8 nitrogen and oxygen atoms in total. The third-order valence-corrected chi connectivity index (χ3v) is 6.96. The fraction of sp³-hybridized carbons (Fsp3) is 0.219. The minimum Gasteiger partial charge on any atom is -0.489 e. The van der Waals surface area contributed by atoms with Crippen molar-refractivity contribution in [2.45, 2.75) is 32.5 Å². The summed E-state index contributed by atoms with van der Waals surface area (Å²) in [7, 11) is 0. The van der Waals surface area contributed by atoms with Gasteiger partial charge in [0.05, 0.1) is 12.2 Å². The van der Waals surface area contributed by atoms with Crippen LogP contribution < -0.4 is 19.1 Å². The number of anilines is 1. The summed E-state index contributed by atoms with van der Waals surface area (Å²) >= 11 is 0. The zero-order valence-corrected chi connectivity index (χ0v) is 22.0. The number of hydrogen-bond acceptors (Lipinski definition) is 6. The summed E-state index contributed by atoms with van der Waals surface area (Å²) in [6.45, 7) is 1.99. The first-order chi connectivity index (χ1) is 19.6. The van der Waals surface area contributed by atoms with Gasteiger partial charge in [-0.25, -0.2) is 0 Å². The minimum atomic E-state index is -0.133. The van der Waals surface area contributed by atoms with E-state index in [1.807, 2.05) is 78.9 Å². The molecular formula is C32H29N3O5. The standard InChI is InChI=1S/C32H29N3O5/c36-31-11-5-15-35(31)27-9-4-7-25(18-27)32(37)34(20-26-8-1-2-14-33-26)19-23-6-3-10-28(16-23)38-21-24-12-13-29-30(17-24)40-22-39-29/h1-4,6-10,12-14,16-18H,5,11,15,19-22H2. The predicted octanol–water partition coefficient (Wildman–Crippen LogP) is 5.36. The van der Waals surface area contributed by atoms with Gasteiger partial charge in [0.15, 0.2) is 11.5 Å². The molecule has 0 N–H and O–H groups in total. The molecule has 1 saturated heterocycles. The van der Waals surface area contributed by atoms with Crippen LogP contribution in [0.4, 0.5) is 5.69 Å². The minimum absolute atomic E-state index is 0.0903. The van der Waals surface area contributed by atoms with Crippen molar-refractivity contribution in [1.82, 2.24) is 9.88 Å². The Labute approximate surface area is 232 Å². The van der Waals surface area contributed by atoms with Gasteiger partial charge in [-0.2, -0.15) is 0 Å². The molecule has 0 atom stereocenters. The average Bonchev–Trinajstić information content (AvgIpc) is 3.64. The van der Waals surface area contributed by atoms with Gasteiger partial charge in [-0.15, -0.1) is 0 Å². The Hall–Kier alpha value is -4.85. The first-order valence-electron chi connectivity index (χ1n) is 13.3. The highest BCUT2D eigenvalue weighted by molar-refractivity contribution is 5.99. The number of ether oxygens (including phenoxy) is 3. The van der Waals surface area contributed by atoms with Crippen LogP contribution in [-0.2, 0) is 24.5 Å². The molecule has 3 aromatic carbocycles. The van der Waals surface area contributed by atoms with E-state index in [1.165, 1.54) is 0 Å². The van der Waals surface area contributed by atoms with E-state index in [0.29, 0.717) is 44.0 Å². The number of carbonyl (C=O) groups is 2. The van der Waals surface area contributed by atoms with Gasteiger partial charge in [-0.1, -0.05) is 30.3 Å². The van der Waals surface area contributed by atoms with E-state index in [2.05, 4.69) is 4.98 Å². The molecule has 0 bridgehead atoms. The van der Waals surface area contributed by atoms with Crippen LogP contribution in [-0.4, -0.2) is 35.0 Å². The fourth-order valence-corrected chi connectivity index (χ4v) is 4.95. The molecule has 4 aromatic rings. The number of carbonyl (C=O) groups excluding carboxylic acids is 2. The number of rotatable bonds is 9. The van der Waals surface area contributed by atoms with Crippen LogP contribution in [0.5, 0.6) is 17.2 Å². The third-order valence-electron chi connectivity index (χ3n) is 6.96. The summed E-state index contributed by atoms with van der Waals surface area (Å²) in [5.74, 6) is 2.12. The van der Waals surface area contributed by atoms with Crippen LogP contribution in [0.1, 0.15) is 40.0 Å². The molecule has 202 valence electrons. The topological polar surface area (TPSA) is 81.2 Å².